The number of ether oxygens (including phenoxy) is 3. The van der Waals surface area contributed by atoms with Gasteiger partial charge in [0.15, 0.2) is 19.2 Å². The first kappa shape index (κ1) is 14.7. The van der Waals surface area contributed by atoms with Gasteiger partial charge in [0, 0.05) is 6.42 Å². The largest absolute Gasteiger partial charge is 0.478 e. The minimum absolute atomic E-state index is 0.129. The van der Waals surface area contributed by atoms with E-state index in [1.165, 1.54) is 0 Å². The van der Waals surface area contributed by atoms with Crippen LogP contribution in [0.4, 0.5) is 0 Å². The van der Waals surface area contributed by atoms with Crippen LogP contribution in [-0.4, -0.2) is 40.8 Å². The zero-order chi connectivity index (χ0) is 13.9. The third-order valence-electron chi connectivity index (χ3n) is 2.62. The zero-order valence-corrected chi connectivity index (χ0v) is 10.4. The van der Waals surface area contributed by atoms with Crippen LogP contribution < -0.4 is 0 Å². The molecule has 1 heterocycles. The molecule has 104 valence electrons. The van der Waals surface area contributed by atoms with Crippen molar-refractivity contribution < 1.29 is 24.1 Å². The van der Waals surface area contributed by atoms with Crippen molar-refractivity contribution in [2.24, 2.45) is 0 Å². The van der Waals surface area contributed by atoms with E-state index in [9.17, 15) is 20.2 Å². The van der Waals surface area contributed by atoms with Gasteiger partial charge in [-0.1, -0.05) is 0 Å². The van der Waals surface area contributed by atoms with Crippen LogP contribution in [0.5, 0.6) is 0 Å². The Bertz CT molecular complexity index is 311. The van der Waals surface area contributed by atoms with Gasteiger partial charge in [-0.25, -0.2) is 0 Å². The van der Waals surface area contributed by atoms with E-state index >= 15 is 0 Å². The second kappa shape index (κ2) is 5.55. The number of hydrogen-bond acceptors (Lipinski definition) is 7. The maximum atomic E-state index is 10.7. The molecular formula is C9H16N2O7. The van der Waals surface area contributed by atoms with Gasteiger partial charge >= 0.3 is 5.66 Å². The molecule has 0 N–H and O–H groups in total. The minimum Gasteiger partial charge on any atom is -0.350 e. The number of rotatable bonds is 5. The normalized spacial score (nSPS) is 28.9. The van der Waals surface area contributed by atoms with Gasteiger partial charge in [0.25, 0.3) is 0 Å². The predicted octanol–water partition coefficient (Wildman–Crippen LogP) is 0.770. The molecule has 0 aromatic heterocycles. The van der Waals surface area contributed by atoms with Gasteiger partial charge in [0.1, 0.15) is 9.85 Å². The van der Waals surface area contributed by atoms with E-state index in [1.807, 2.05) is 0 Å². The summed E-state index contributed by atoms with van der Waals surface area (Å²) in [5.41, 5.74) is -2.37. The molecule has 0 aliphatic carbocycles. The second-order valence-electron chi connectivity index (χ2n) is 4.36. The van der Waals surface area contributed by atoms with Crippen LogP contribution >= 0.6 is 0 Å². The standard InChI is InChI=1S/C9H16N2O7/c1-6-4-8(18-7(2)17-6)16-5-9(3,10(12)13)11(14)15/h6-8H,4-5H2,1-3H3. The molecule has 0 spiro atoms. The molecule has 0 bridgehead atoms. The van der Waals surface area contributed by atoms with E-state index in [1.54, 1.807) is 13.8 Å². The van der Waals surface area contributed by atoms with Crippen LogP contribution in [0.25, 0.3) is 0 Å². The molecule has 0 radical (unpaired) electrons. The SMILES string of the molecule is CC1CC(OCC(C)([N+](=O)[O-])[N+](=O)[O-])OC(C)O1. The van der Waals surface area contributed by atoms with Gasteiger partial charge in [-0.15, -0.1) is 0 Å². The van der Waals surface area contributed by atoms with E-state index < -0.39 is 34.7 Å². The Morgan fingerprint density at radius 3 is 2.28 bits per heavy atom. The smallest absolute Gasteiger partial charge is 0.350 e. The summed E-state index contributed by atoms with van der Waals surface area (Å²) < 4.78 is 15.6. The van der Waals surface area contributed by atoms with Crippen molar-refractivity contribution in [3.05, 3.63) is 20.2 Å². The maximum Gasteiger partial charge on any atom is 0.478 e. The molecule has 3 atom stereocenters. The third kappa shape index (κ3) is 3.34. The molecule has 3 unspecified atom stereocenters. The molecule has 0 aromatic carbocycles. The Morgan fingerprint density at radius 1 is 1.28 bits per heavy atom. The Labute approximate surface area is 103 Å². The maximum absolute atomic E-state index is 10.7. The first-order valence-electron chi connectivity index (χ1n) is 5.47. The van der Waals surface area contributed by atoms with Crippen LogP contribution in [0.3, 0.4) is 0 Å². The van der Waals surface area contributed by atoms with Gasteiger partial charge in [0.2, 0.25) is 0 Å². The first-order chi connectivity index (χ1) is 8.25. The van der Waals surface area contributed by atoms with Crippen molar-refractivity contribution in [1.29, 1.82) is 0 Å². The Morgan fingerprint density at radius 2 is 1.83 bits per heavy atom. The average molecular weight is 264 g/mol. The summed E-state index contributed by atoms with van der Waals surface area (Å²) in [6, 6.07) is 0. The molecular weight excluding hydrogens is 248 g/mol. The van der Waals surface area contributed by atoms with Crippen LogP contribution in [0.15, 0.2) is 0 Å². The Kier molecular flexibility index (Phi) is 4.54. The molecule has 9 heteroatoms. The molecule has 18 heavy (non-hydrogen) atoms. The highest BCUT2D eigenvalue weighted by molar-refractivity contribution is 4.64. The van der Waals surface area contributed by atoms with E-state index in [4.69, 9.17) is 14.2 Å². The summed E-state index contributed by atoms with van der Waals surface area (Å²) in [5.74, 6) is 0. The lowest BCUT2D eigenvalue weighted by Gasteiger charge is -2.32. The first-order valence-corrected chi connectivity index (χ1v) is 5.47. The van der Waals surface area contributed by atoms with Crippen molar-refractivity contribution in [3.8, 4) is 0 Å². The fraction of sp³-hybridized carbons (Fsp3) is 1.00. The molecule has 0 amide bonds. The van der Waals surface area contributed by atoms with Gasteiger partial charge in [0.05, 0.1) is 13.0 Å². The fourth-order valence-corrected chi connectivity index (χ4v) is 1.49. The Hall–Kier alpha value is -1.32. The van der Waals surface area contributed by atoms with Gasteiger partial charge < -0.3 is 14.2 Å². The highest BCUT2D eigenvalue weighted by Crippen LogP contribution is 2.21. The lowest BCUT2D eigenvalue weighted by atomic mass is 10.2. The van der Waals surface area contributed by atoms with Crippen molar-refractivity contribution in [2.75, 3.05) is 6.61 Å². The molecule has 0 saturated carbocycles. The minimum atomic E-state index is -2.37. The summed E-state index contributed by atoms with van der Waals surface area (Å²) in [4.78, 5) is 19.4. The molecule has 1 saturated heterocycles. The monoisotopic (exact) mass is 264 g/mol. The third-order valence-corrected chi connectivity index (χ3v) is 2.62. The zero-order valence-electron chi connectivity index (χ0n) is 10.4. The highest BCUT2D eigenvalue weighted by atomic mass is 16.8. The summed E-state index contributed by atoms with van der Waals surface area (Å²) >= 11 is 0. The quantitative estimate of drug-likeness (QED) is 0.409. The lowest BCUT2D eigenvalue weighted by Crippen LogP contribution is -2.49. The van der Waals surface area contributed by atoms with Gasteiger partial charge in [-0.3, -0.25) is 20.2 Å². The highest BCUT2D eigenvalue weighted by Gasteiger charge is 2.51. The average Bonchev–Trinajstić information content (AvgIpc) is 2.23. The summed E-state index contributed by atoms with van der Waals surface area (Å²) in [6.07, 6.45) is -0.994. The topological polar surface area (TPSA) is 114 Å². The number of hydrogen-bond donors (Lipinski definition) is 0. The van der Waals surface area contributed by atoms with E-state index in [-0.39, 0.29) is 6.10 Å². The Balaban J connectivity index is 2.58. The summed E-state index contributed by atoms with van der Waals surface area (Å²) in [5, 5.41) is 21.4. The number of nitrogens with zero attached hydrogens (tertiary/aromatic N) is 2. The summed E-state index contributed by atoms with van der Waals surface area (Å²) in [7, 11) is 0. The van der Waals surface area contributed by atoms with Crippen molar-refractivity contribution in [1.82, 2.24) is 0 Å². The second-order valence-corrected chi connectivity index (χ2v) is 4.36. The molecule has 9 nitrogen and oxygen atoms in total. The predicted molar refractivity (Wildman–Crippen MR) is 57.8 cm³/mol. The van der Waals surface area contributed by atoms with Crippen molar-refractivity contribution in [2.45, 2.75) is 51.5 Å². The van der Waals surface area contributed by atoms with Crippen LogP contribution in [0, 0.1) is 20.2 Å². The lowest BCUT2D eigenvalue weighted by molar-refractivity contribution is -0.795. The van der Waals surface area contributed by atoms with Gasteiger partial charge in [-0.05, 0) is 13.8 Å². The molecule has 1 fully saturated rings. The van der Waals surface area contributed by atoms with E-state index in [0.717, 1.165) is 6.92 Å². The fourth-order valence-electron chi connectivity index (χ4n) is 1.49. The van der Waals surface area contributed by atoms with Crippen molar-refractivity contribution in [3.63, 3.8) is 0 Å². The van der Waals surface area contributed by atoms with Crippen molar-refractivity contribution >= 4 is 0 Å². The molecule has 1 aliphatic rings. The number of nitro groups is 2. The van der Waals surface area contributed by atoms with Gasteiger partial charge in [-0.2, -0.15) is 0 Å². The van der Waals surface area contributed by atoms with Crippen LogP contribution in [0.2, 0.25) is 0 Å². The molecule has 0 aromatic rings. The van der Waals surface area contributed by atoms with E-state index in [2.05, 4.69) is 0 Å². The van der Waals surface area contributed by atoms with Crippen LogP contribution in [-0.2, 0) is 14.2 Å². The van der Waals surface area contributed by atoms with Crippen LogP contribution in [0.1, 0.15) is 27.2 Å². The molecule has 1 aliphatic heterocycles. The summed E-state index contributed by atoms with van der Waals surface area (Å²) in [6.45, 7) is 3.71. The van der Waals surface area contributed by atoms with E-state index in [0.29, 0.717) is 6.42 Å². The molecule has 1 rings (SSSR count).